The zero-order chi connectivity index (χ0) is 17.7. The molecular formula is C15H22N6O2S. The minimum atomic E-state index is -0.0402. The van der Waals surface area contributed by atoms with E-state index < -0.39 is 0 Å². The number of amides is 1. The first-order chi connectivity index (χ1) is 11.4. The van der Waals surface area contributed by atoms with Crippen molar-refractivity contribution in [1.82, 2.24) is 30.0 Å². The first-order valence-electron chi connectivity index (χ1n) is 7.56. The molecule has 1 aromatic carbocycles. The third-order valence-electron chi connectivity index (χ3n) is 3.19. The highest BCUT2D eigenvalue weighted by atomic mass is 32.1. The van der Waals surface area contributed by atoms with Gasteiger partial charge in [-0.2, -0.15) is 4.68 Å². The van der Waals surface area contributed by atoms with Gasteiger partial charge in [0.25, 0.3) is 0 Å². The fourth-order valence-electron chi connectivity index (χ4n) is 2.14. The van der Waals surface area contributed by atoms with Gasteiger partial charge in [0.05, 0.1) is 26.0 Å². The van der Waals surface area contributed by atoms with E-state index in [-0.39, 0.29) is 18.5 Å². The van der Waals surface area contributed by atoms with Crippen LogP contribution >= 0.6 is 12.2 Å². The fraction of sp³-hybridized carbons (Fsp3) is 0.467. The number of tetrazole rings is 1. The molecule has 0 spiro atoms. The van der Waals surface area contributed by atoms with Gasteiger partial charge in [-0.1, -0.05) is 0 Å². The number of nitrogens with one attached hydrogen (secondary N) is 1. The predicted octanol–water partition coefficient (Wildman–Crippen LogP) is 1.22. The minimum absolute atomic E-state index is 0.0402. The van der Waals surface area contributed by atoms with Crippen LogP contribution < -0.4 is 10.1 Å². The maximum Gasteiger partial charge on any atom is 0.234 e. The number of rotatable bonds is 7. The molecule has 0 aliphatic heterocycles. The minimum Gasteiger partial charge on any atom is -0.497 e. The maximum absolute atomic E-state index is 11.8. The Bertz CT molecular complexity index is 737. The zero-order valence-electron chi connectivity index (χ0n) is 14.3. The van der Waals surface area contributed by atoms with Gasteiger partial charge < -0.3 is 10.1 Å². The number of aromatic nitrogens is 4. The Morgan fingerprint density at radius 2 is 2.00 bits per heavy atom. The van der Waals surface area contributed by atoms with E-state index in [1.54, 1.807) is 16.5 Å². The SMILES string of the molecule is COc1ccc(-n2nnn(CN(C)CC(=O)NC(C)C)c2=S)cc1. The van der Waals surface area contributed by atoms with Crippen LogP contribution in [0.4, 0.5) is 0 Å². The summed E-state index contributed by atoms with van der Waals surface area (Å²) in [6.07, 6.45) is 0. The molecule has 0 aliphatic carbocycles. The number of hydrogen-bond donors (Lipinski definition) is 1. The van der Waals surface area contributed by atoms with E-state index >= 15 is 0 Å². The fourth-order valence-corrected chi connectivity index (χ4v) is 2.38. The van der Waals surface area contributed by atoms with Gasteiger partial charge in [0.1, 0.15) is 5.75 Å². The summed E-state index contributed by atoms with van der Waals surface area (Å²) in [7, 11) is 3.44. The molecule has 1 amide bonds. The van der Waals surface area contributed by atoms with Crippen molar-refractivity contribution in [3.63, 3.8) is 0 Å². The van der Waals surface area contributed by atoms with Gasteiger partial charge in [0, 0.05) is 6.04 Å². The third-order valence-corrected chi connectivity index (χ3v) is 3.58. The van der Waals surface area contributed by atoms with E-state index in [9.17, 15) is 4.79 Å². The van der Waals surface area contributed by atoms with Crippen LogP contribution in [0.2, 0.25) is 0 Å². The molecule has 2 aromatic rings. The van der Waals surface area contributed by atoms with Gasteiger partial charge in [0.15, 0.2) is 0 Å². The molecule has 130 valence electrons. The lowest BCUT2D eigenvalue weighted by molar-refractivity contribution is -0.122. The van der Waals surface area contributed by atoms with Crippen LogP contribution in [0.1, 0.15) is 13.8 Å². The van der Waals surface area contributed by atoms with Crippen molar-refractivity contribution < 1.29 is 9.53 Å². The van der Waals surface area contributed by atoms with Crippen molar-refractivity contribution in [1.29, 1.82) is 0 Å². The molecule has 0 unspecified atom stereocenters. The van der Waals surface area contributed by atoms with Crippen molar-refractivity contribution in [3.05, 3.63) is 29.0 Å². The second-order valence-corrected chi connectivity index (χ2v) is 6.11. The van der Waals surface area contributed by atoms with Gasteiger partial charge in [-0.05, 0) is 67.8 Å². The second-order valence-electron chi connectivity index (χ2n) is 5.75. The molecule has 0 bridgehead atoms. The maximum atomic E-state index is 11.8. The number of carbonyl (C=O) groups excluding carboxylic acids is 1. The lowest BCUT2D eigenvalue weighted by Gasteiger charge is -2.16. The summed E-state index contributed by atoms with van der Waals surface area (Å²) < 4.78 is 8.73. The molecule has 1 N–H and O–H groups in total. The van der Waals surface area contributed by atoms with E-state index in [1.165, 1.54) is 0 Å². The molecule has 9 heteroatoms. The molecule has 0 saturated carbocycles. The van der Waals surface area contributed by atoms with Gasteiger partial charge >= 0.3 is 0 Å². The Labute approximate surface area is 146 Å². The topological polar surface area (TPSA) is 77.2 Å². The van der Waals surface area contributed by atoms with Crippen LogP contribution in [0.5, 0.6) is 5.75 Å². The molecule has 2 rings (SSSR count). The zero-order valence-corrected chi connectivity index (χ0v) is 15.1. The highest BCUT2D eigenvalue weighted by Gasteiger charge is 2.11. The molecule has 0 atom stereocenters. The standard InChI is InChI=1S/C15H22N6O2S/c1-11(2)16-14(22)9-19(3)10-20-15(24)21(18-17-20)12-5-7-13(23-4)8-6-12/h5-8,11H,9-10H2,1-4H3,(H,16,22). The number of hydrogen-bond acceptors (Lipinski definition) is 6. The lowest BCUT2D eigenvalue weighted by atomic mass is 10.3. The van der Waals surface area contributed by atoms with Crippen LogP contribution in [0.3, 0.4) is 0 Å². The molecule has 0 radical (unpaired) electrons. The molecular weight excluding hydrogens is 328 g/mol. The summed E-state index contributed by atoms with van der Waals surface area (Å²) in [5, 5.41) is 11.0. The van der Waals surface area contributed by atoms with Crippen molar-refractivity contribution in [2.75, 3.05) is 20.7 Å². The number of ether oxygens (including phenoxy) is 1. The summed E-state index contributed by atoms with van der Waals surface area (Å²) in [6.45, 7) is 4.48. The number of carbonyl (C=O) groups is 1. The van der Waals surface area contributed by atoms with Gasteiger partial charge in [-0.25, -0.2) is 4.68 Å². The molecule has 0 fully saturated rings. The van der Waals surface area contributed by atoms with Gasteiger partial charge in [-0.15, -0.1) is 0 Å². The largest absolute Gasteiger partial charge is 0.497 e. The smallest absolute Gasteiger partial charge is 0.234 e. The summed E-state index contributed by atoms with van der Waals surface area (Å²) in [4.78, 5) is 13.6. The highest BCUT2D eigenvalue weighted by Crippen LogP contribution is 2.14. The molecule has 24 heavy (non-hydrogen) atoms. The third kappa shape index (κ3) is 4.62. The van der Waals surface area contributed by atoms with Gasteiger partial charge in [0.2, 0.25) is 10.7 Å². The Morgan fingerprint density at radius 3 is 2.58 bits per heavy atom. The van der Waals surface area contributed by atoms with Crippen molar-refractivity contribution in [3.8, 4) is 11.4 Å². The van der Waals surface area contributed by atoms with Gasteiger partial charge in [-0.3, -0.25) is 9.69 Å². The van der Waals surface area contributed by atoms with E-state index in [0.29, 0.717) is 11.4 Å². The van der Waals surface area contributed by atoms with Crippen LogP contribution in [-0.2, 0) is 11.5 Å². The molecule has 1 aromatic heterocycles. The Balaban J connectivity index is 2.06. The number of benzene rings is 1. The van der Waals surface area contributed by atoms with E-state index in [2.05, 4.69) is 15.7 Å². The van der Waals surface area contributed by atoms with Crippen LogP contribution in [0.25, 0.3) is 5.69 Å². The second kappa shape index (κ2) is 8.02. The summed E-state index contributed by atoms with van der Waals surface area (Å²) in [5.41, 5.74) is 0.798. The van der Waals surface area contributed by atoms with E-state index in [4.69, 9.17) is 17.0 Å². The van der Waals surface area contributed by atoms with Crippen LogP contribution in [0.15, 0.2) is 24.3 Å². The molecule has 8 nitrogen and oxygen atoms in total. The average Bonchev–Trinajstić information content (AvgIpc) is 2.87. The molecule has 1 heterocycles. The predicted molar refractivity (Wildman–Crippen MR) is 92.6 cm³/mol. The van der Waals surface area contributed by atoms with E-state index in [0.717, 1.165) is 11.4 Å². The Morgan fingerprint density at radius 1 is 1.33 bits per heavy atom. The Kier molecular flexibility index (Phi) is 6.04. The summed E-state index contributed by atoms with van der Waals surface area (Å²) >= 11 is 5.41. The quantitative estimate of drug-likeness (QED) is 0.757. The monoisotopic (exact) mass is 350 g/mol. The number of methoxy groups -OCH3 is 1. The Hall–Kier alpha value is -2.26. The highest BCUT2D eigenvalue weighted by molar-refractivity contribution is 7.71. The first kappa shape index (κ1) is 18.1. The van der Waals surface area contributed by atoms with E-state index in [1.807, 2.05) is 50.1 Å². The average molecular weight is 350 g/mol. The van der Waals surface area contributed by atoms with Crippen LogP contribution in [0, 0.1) is 4.77 Å². The van der Waals surface area contributed by atoms with Crippen molar-refractivity contribution in [2.45, 2.75) is 26.6 Å². The van der Waals surface area contributed by atoms with Crippen molar-refractivity contribution in [2.24, 2.45) is 0 Å². The summed E-state index contributed by atoms with van der Waals surface area (Å²) in [5.74, 6) is 0.718. The lowest BCUT2D eigenvalue weighted by Crippen LogP contribution is -2.39. The number of likely N-dealkylation sites (N-methyl/N-ethyl adjacent to an activating group) is 1. The first-order valence-corrected chi connectivity index (χ1v) is 7.96. The normalized spacial score (nSPS) is 11.1. The summed E-state index contributed by atoms with van der Waals surface area (Å²) in [6, 6.07) is 7.49. The van der Waals surface area contributed by atoms with Crippen molar-refractivity contribution >= 4 is 18.1 Å². The molecule has 0 saturated heterocycles. The number of nitrogens with zero attached hydrogens (tertiary/aromatic N) is 5. The van der Waals surface area contributed by atoms with Crippen LogP contribution in [-0.4, -0.2) is 57.3 Å². The molecule has 0 aliphatic rings.